The molecule has 23 heavy (non-hydrogen) atoms. The summed E-state index contributed by atoms with van der Waals surface area (Å²) >= 11 is 0. The van der Waals surface area contributed by atoms with Gasteiger partial charge in [0.2, 0.25) is 0 Å². The van der Waals surface area contributed by atoms with Gasteiger partial charge in [0.05, 0.1) is 0 Å². The van der Waals surface area contributed by atoms with Crippen molar-refractivity contribution in [3.05, 3.63) is 59.9 Å². The highest BCUT2D eigenvalue weighted by atomic mass is 16.2. The van der Waals surface area contributed by atoms with Gasteiger partial charge in [-0.1, -0.05) is 17.7 Å². The molecule has 5 heteroatoms. The van der Waals surface area contributed by atoms with Crippen molar-refractivity contribution in [2.24, 2.45) is 7.05 Å². The maximum absolute atomic E-state index is 11.9. The number of aryl methyl sites for hydroxylation is 2. The number of nitrogens with zero attached hydrogens (tertiary/aromatic N) is 2. The van der Waals surface area contributed by atoms with Gasteiger partial charge in [0.25, 0.3) is 0 Å². The zero-order valence-electron chi connectivity index (χ0n) is 13.3. The molecule has 0 fully saturated rings. The smallest absolute Gasteiger partial charge is 0.319 e. The van der Waals surface area contributed by atoms with E-state index in [0.717, 1.165) is 23.1 Å². The molecule has 0 spiro atoms. The molecule has 0 aliphatic rings. The van der Waals surface area contributed by atoms with Crippen molar-refractivity contribution < 1.29 is 4.79 Å². The Morgan fingerprint density at radius 1 is 1.22 bits per heavy atom. The predicted octanol–water partition coefficient (Wildman–Crippen LogP) is 3.25. The first-order valence-electron chi connectivity index (χ1n) is 7.64. The highest BCUT2D eigenvalue weighted by Gasteiger charge is 2.07. The van der Waals surface area contributed by atoms with E-state index in [1.54, 1.807) is 6.20 Å². The first-order chi connectivity index (χ1) is 11.1. The van der Waals surface area contributed by atoms with E-state index in [1.165, 1.54) is 11.1 Å². The molecule has 2 aromatic heterocycles. The van der Waals surface area contributed by atoms with Gasteiger partial charge in [0.15, 0.2) is 0 Å². The Balaban J connectivity index is 1.56. The van der Waals surface area contributed by atoms with Gasteiger partial charge in [-0.05, 0) is 43.2 Å². The van der Waals surface area contributed by atoms with Crippen molar-refractivity contribution in [1.29, 1.82) is 0 Å². The third-order valence-electron chi connectivity index (χ3n) is 3.81. The van der Waals surface area contributed by atoms with Gasteiger partial charge in [0, 0.05) is 37.1 Å². The molecule has 0 aliphatic heterocycles. The lowest BCUT2D eigenvalue weighted by molar-refractivity contribution is 0.252. The van der Waals surface area contributed by atoms with Gasteiger partial charge >= 0.3 is 6.03 Å². The zero-order chi connectivity index (χ0) is 16.2. The number of benzene rings is 1. The predicted molar refractivity (Wildman–Crippen MR) is 92.6 cm³/mol. The standard InChI is InChI=1S/C18H20N4O/c1-13-5-7-15(8-6-13)21-18(23)20-11-9-14-12-22(2)17-16(14)4-3-10-19-17/h3-8,10,12H,9,11H2,1-2H3,(H2,20,21,23). The van der Waals surface area contributed by atoms with Crippen molar-refractivity contribution in [1.82, 2.24) is 14.9 Å². The van der Waals surface area contributed by atoms with E-state index in [1.807, 2.05) is 48.9 Å². The third-order valence-corrected chi connectivity index (χ3v) is 3.81. The molecule has 5 nitrogen and oxygen atoms in total. The van der Waals surface area contributed by atoms with Crippen LogP contribution in [-0.4, -0.2) is 22.1 Å². The third kappa shape index (κ3) is 3.51. The van der Waals surface area contributed by atoms with Crippen LogP contribution in [-0.2, 0) is 13.5 Å². The minimum absolute atomic E-state index is 0.188. The molecule has 2 heterocycles. The van der Waals surface area contributed by atoms with E-state index in [-0.39, 0.29) is 6.03 Å². The van der Waals surface area contributed by atoms with Gasteiger partial charge in [-0.2, -0.15) is 0 Å². The molecule has 0 aliphatic carbocycles. The fourth-order valence-corrected chi connectivity index (χ4v) is 2.62. The summed E-state index contributed by atoms with van der Waals surface area (Å²) in [6.07, 6.45) is 4.63. The quantitative estimate of drug-likeness (QED) is 0.777. The Labute approximate surface area is 135 Å². The maximum Gasteiger partial charge on any atom is 0.319 e. The van der Waals surface area contributed by atoms with Crippen LogP contribution in [0.4, 0.5) is 10.5 Å². The molecule has 0 saturated carbocycles. The number of anilines is 1. The number of pyridine rings is 1. The fourth-order valence-electron chi connectivity index (χ4n) is 2.62. The van der Waals surface area contributed by atoms with Crippen LogP contribution in [0, 0.1) is 6.92 Å². The van der Waals surface area contributed by atoms with Crippen molar-refractivity contribution in [3.8, 4) is 0 Å². The van der Waals surface area contributed by atoms with Crippen LogP contribution in [0.1, 0.15) is 11.1 Å². The lowest BCUT2D eigenvalue weighted by atomic mass is 10.1. The van der Waals surface area contributed by atoms with Crippen LogP contribution in [0.25, 0.3) is 11.0 Å². The number of nitrogens with one attached hydrogen (secondary N) is 2. The number of hydrogen-bond acceptors (Lipinski definition) is 2. The van der Waals surface area contributed by atoms with E-state index >= 15 is 0 Å². The SMILES string of the molecule is Cc1ccc(NC(=O)NCCc2cn(C)c3ncccc23)cc1. The maximum atomic E-state index is 11.9. The largest absolute Gasteiger partial charge is 0.338 e. The number of amides is 2. The second-order valence-corrected chi connectivity index (χ2v) is 5.64. The van der Waals surface area contributed by atoms with Crippen molar-refractivity contribution in [3.63, 3.8) is 0 Å². The number of urea groups is 1. The Hall–Kier alpha value is -2.82. The summed E-state index contributed by atoms with van der Waals surface area (Å²) < 4.78 is 2.01. The van der Waals surface area contributed by atoms with Crippen LogP contribution >= 0.6 is 0 Å². The first kappa shape index (κ1) is 15.1. The summed E-state index contributed by atoms with van der Waals surface area (Å²) in [6.45, 7) is 2.59. The summed E-state index contributed by atoms with van der Waals surface area (Å²) in [5, 5.41) is 6.85. The summed E-state index contributed by atoms with van der Waals surface area (Å²) in [7, 11) is 1.98. The Bertz CT molecular complexity index is 821. The topological polar surface area (TPSA) is 59.0 Å². The van der Waals surface area contributed by atoms with Gasteiger partial charge in [-0.15, -0.1) is 0 Å². The summed E-state index contributed by atoms with van der Waals surface area (Å²) in [5.41, 5.74) is 4.11. The fraction of sp³-hybridized carbons (Fsp3) is 0.222. The highest BCUT2D eigenvalue weighted by Crippen LogP contribution is 2.18. The van der Waals surface area contributed by atoms with Gasteiger partial charge in [0.1, 0.15) is 5.65 Å². The van der Waals surface area contributed by atoms with E-state index < -0.39 is 0 Å². The molecule has 3 rings (SSSR count). The van der Waals surface area contributed by atoms with Gasteiger partial charge < -0.3 is 15.2 Å². The molecule has 0 saturated heterocycles. The molecule has 2 amide bonds. The Morgan fingerprint density at radius 2 is 2.00 bits per heavy atom. The molecule has 118 valence electrons. The van der Waals surface area contributed by atoms with Gasteiger partial charge in [-0.3, -0.25) is 0 Å². The van der Waals surface area contributed by atoms with Crippen molar-refractivity contribution in [2.45, 2.75) is 13.3 Å². The lowest BCUT2D eigenvalue weighted by Gasteiger charge is -2.07. The second kappa shape index (κ2) is 6.52. The Morgan fingerprint density at radius 3 is 2.78 bits per heavy atom. The van der Waals surface area contributed by atoms with Crippen LogP contribution < -0.4 is 10.6 Å². The van der Waals surface area contributed by atoms with E-state index in [2.05, 4.69) is 27.9 Å². The summed E-state index contributed by atoms with van der Waals surface area (Å²) in [5.74, 6) is 0. The second-order valence-electron chi connectivity index (χ2n) is 5.64. The van der Waals surface area contributed by atoms with E-state index in [9.17, 15) is 4.79 Å². The Kier molecular flexibility index (Phi) is 4.28. The average molecular weight is 308 g/mol. The molecule has 0 unspecified atom stereocenters. The van der Waals surface area contributed by atoms with Crippen LogP contribution in [0.15, 0.2) is 48.8 Å². The van der Waals surface area contributed by atoms with Crippen molar-refractivity contribution >= 4 is 22.8 Å². The van der Waals surface area contributed by atoms with E-state index in [0.29, 0.717) is 6.54 Å². The molecule has 2 N–H and O–H groups in total. The number of aromatic nitrogens is 2. The number of hydrogen-bond donors (Lipinski definition) is 2. The average Bonchev–Trinajstić information content (AvgIpc) is 2.87. The highest BCUT2D eigenvalue weighted by molar-refractivity contribution is 5.89. The summed E-state index contributed by atoms with van der Waals surface area (Å²) in [6, 6.07) is 11.5. The molecule has 0 atom stereocenters. The molecular formula is C18H20N4O. The van der Waals surface area contributed by atoms with Crippen LogP contribution in [0.3, 0.4) is 0 Å². The molecule has 3 aromatic rings. The number of carbonyl (C=O) groups excluding carboxylic acids is 1. The van der Waals surface area contributed by atoms with Crippen LogP contribution in [0.2, 0.25) is 0 Å². The molecule has 0 radical (unpaired) electrons. The van der Waals surface area contributed by atoms with Crippen molar-refractivity contribution in [2.75, 3.05) is 11.9 Å². The summed E-state index contributed by atoms with van der Waals surface area (Å²) in [4.78, 5) is 16.3. The zero-order valence-corrected chi connectivity index (χ0v) is 13.3. The molecular weight excluding hydrogens is 288 g/mol. The van der Waals surface area contributed by atoms with Crippen LogP contribution in [0.5, 0.6) is 0 Å². The molecule has 1 aromatic carbocycles. The first-order valence-corrected chi connectivity index (χ1v) is 7.64. The van der Waals surface area contributed by atoms with Gasteiger partial charge in [-0.25, -0.2) is 9.78 Å². The monoisotopic (exact) mass is 308 g/mol. The minimum atomic E-state index is -0.188. The normalized spacial score (nSPS) is 10.7. The minimum Gasteiger partial charge on any atom is -0.338 e. The lowest BCUT2D eigenvalue weighted by Crippen LogP contribution is -2.30. The number of carbonyl (C=O) groups is 1. The number of fused-ring (bicyclic) bond motifs is 1. The number of rotatable bonds is 4. The molecule has 0 bridgehead atoms. The van der Waals surface area contributed by atoms with E-state index in [4.69, 9.17) is 0 Å².